The number of carbonyl (C=O) groups excluding carboxylic acids is 1. The number of sulfonamides is 1. The molecule has 0 bridgehead atoms. The van der Waals surface area contributed by atoms with E-state index in [4.69, 9.17) is 0 Å². The summed E-state index contributed by atoms with van der Waals surface area (Å²) < 4.78 is 28.5. The van der Waals surface area contributed by atoms with Gasteiger partial charge in [0.15, 0.2) is 0 Å². The van der Waals surface area contributed by atoms with Crippen LogP contribution in [0.15, 0.2) is 52.9 Å². The average Bonchev–Trinajstić information content (AvgIpc) is 3.15. The smallest absolute Gasteiger partial charge is 0.255 e. The quantitative estimate of drug-likeness (QED) is 0.674. The molecule has 1 amide bonds. The van der Waals surface area contributed by atoms with Crippen molar-refractivity contribution < 1.29 is 13.2 Å². The van der Waals surface area contributed by atoms with Crippen molar-refractivity contribution in [2.45, 2.75) is 25.2 Å². The van der Waals surface area contributed by atoms with Gasteiger partial charge in [-0.25, -0.2) is 13.4 Å². The van der Waals surface area contributed by atoms with Crippen LogP contribution in [0.5, 0.6) is 0 Å². The van der Waals surface area contributed by atoms with E-state index in [0.717, 1.165) is 16.6 Å². The third-order valence-electron chi connectivity index (χ3n) is 5.18. The zero-order valence-corrected chi connectivity index (χ0v) is 18.0. The first kappa shape index (κ1) is 20.0. The van der Waals surface area contributed by atoms with Crippen molar-refractivity contribution in [2.24, 2.45) is 11.8 Å². The number of benzene rings is 2. The lowest BCUT2D eigenvalue weighted by Gasteiger charge is -2.34. The number of aromatic nitrogens is 1. The predicted octanol–water partition coefficient (Wildman–Crippen LogP) is 4.22. The van der Waals surface area contributed by atoms with E-state index in [2.05, 4.69) is 24.1 Å². The Hall–Kier alpha value is -2.29. The van der Waals surface area contributed by atoms with E-state index in [-0.39, 0.29) is 10.8 Å². The first-order chi connectivity index (χ1) is 13.8. The molecule has 3 aromatic rings. The number of anilines is 1. The fourth-order valence-electron chi connectivity index (χ4n) is 3.86. The molecule has 0 unspecified atom stereocenters. The Bertz CT molecular complexity index is 1130. The Morgan fingerprint density at radius 2 is 1.79 bits per heavy atom. The van der Waals surface area contributed by atoms with Crippen molar-refractivity contribution in [3.05, 3.63) is 53.5 Å². The van der Waals surface area contributed by atoms with Gasteiger partial charge in [0.05, 0.1) is 20.6 Å². The van der Waals surface area contributed by atoms with Crippen LogP contribution in [-0.2, 0) is 10.0 Å². The Balaban J connectivity index is 1.49. The number of nitrogens with one attached hydrogen (secondary N) is 1. The van der Waals surface area contributed by atoms with Gasteiger partial charge < -0.3 is 5.32 Å². The largest absolute Gasteiger partial charge is 0.322 e. The van der Waals surface area contributed by atoms with Crippen molar-refractivity contribution >= 4 is 43.2 Å². The van der Waals surface area contributed by atoms with E-state index in [1.54, 1.807) is 46.2 Å². The van der Waals surface area contributed by atoms with Gasteiger partial charge in [-0.2, -0.15) is 4.31 Å². The molecule has 1 aliphatic rings. The van der Waals surface area contributed by atoms with Crippen molar-refractivity contribution in [1.82, 2.24) is 9.29 Å². The maximum atomic E-state index is 13.0. The van der Waals surface area contributed by atoms with Gasteiger partial charge in [-0.1, -0.05) is 13.8 Å². The highest BCUT2D eigenvalue weighted by Gasteiger charge is 2.31. The number of nitrogens with zero attached hydrogens (tertiary/aromatic N) is 2. The molecule has 2 aromatic carbocycles. The van der Waals surface area contributed by atoms with Gasteiger partial charge in [0.1, 0.15) is 0 Å². The van der Waals surface area contributed by atoms with Crippen molar-refractivity contribution in [3.8, 4) is 0 Å². The fraction of sp³-hybridized carbons (Fsp3) is 0.333. The summed E-state index contributed by atoms with van der Waals surface area (Å²) in [6.45, 7) is 5.26. The zero-order valence-electron chi connectivity index (χ0n) is 16.3. The third-order valence-corrected chi connectivity index (χ3v) is 7.82. The van der Waals surface area contributed by atoms with Crippen LogP contribution in [-0.4, -0.2) is 36.7 Å². The SMILES string of the molecule is C[C@@H]1C[C@@H](C)CN(S(=O)(=O)c2ccc(NC(=O)c3ccc4ncsc4c3)cc2)C1. The summed E-state index contributed by atoms with van der Waals surface area (Å²) in [5.41, 5.74) is 3.70. The van der Waals surface area contributed by atoms with Crippen LogP contribution >= 0.6 is 11.3 Å². The molecular formula is C21H23N3O3S2. The molecule has 1 aliphatic heterocycles. The van der Waals surface area contributed by atoms with E-state index in [9.17, 15) is 13.2 Å². The number of fused-ring (bicyclic) bond motifs is 1. The van der Waals surface area contributed by atoms with Gasteiger partial charge in [0.25, 0.3) is 5.91 Å². The summed E-state index contributed by atoms with van der Waals surface area (Å²) >= 11 is 1.48. The van der Waals surface area contributed by atoms with Gasteiger partial charge in [-0.15, -0.1) is 11.3 Å². The number of thiazole rings is 1. The molecule has 0 radical (unpaired) electrons. The van der Waals surface area contributed by atoms with Crippen LogP contribution in [0.3, 0.4) is 0 Å². The minimum absolute atomic E-state index is 0.241. The van der Waals surface area contributed by atoms with Gasteiger partial charge >= 0.3 is 0 Å². The van der Waals surface area contributed by atoms with Gasteiger partial charge in [-0.3, -0.25) is 4.79 Å². The number of piperidine rings is 1. The van der Waals surface area contributed by atoms with Gasteiger partial charge in [0.2, 0.25) is 10.0 Å². The highest BCUT2D eigenvalue weighted by Crippen LogP contribution is 2.27. The first-order valence-corrected chi connectivity index (χ1v) is 11.9. The molecule has 0 aliphatic carbocycles. The Kier molecular flexibility index (Phi) is 5.42. The summed E-state index contributed by atoms with van der Waals surface area (Å²) in [4.78, 5) is 17.0. The molecule has 4 rings (SSSR count). The standard InChI is InChI=1S/C21H23N3O3S2/c1-14-9-15(2)12-24(11-14)29(26,27)18-6-4-17(5-7-18)23-21(25)16-3-8-19-20(10-16)28-13-22-19/h3-8,10,13-15H,9,11-12H2,1-2H3,(H,23,25)/t14-,15-/m1/s1. The van der Waals surface area contributed by atoms with Crippen LogP contribution < -0.4 is 5.32 Å². The highest BCUT2D eigenvalue weighted by molar-refractivity contribution is 7.89. The van der Waals surface area contributed by atoms with E-state index < -0.39 is 10.0 Å². The molecule has 1 N–H and O–H groups in total. The number of rotatable bonds is 4. The van der Waals surface area contributed by atoms with E-state index in [0.29, 0.717) is 36.2 Å². The van der Waals surface area contributed by atoms with Crippen molar-refractivity contribution in [2.75, 3.05) is 18.4 Å². The van der Waals surface area contributed by atoms with Crippen LogP contribution in [0.1, 0.15) is 30.6 Å². The molecule has 0 spiro atoms. The van der Waals surface area contributed by atoms with E-state index >= 15 is 0 Å². The molecular weight excluding hydrogens is 406 g/mol. The topological polar surface area (TPSA) is 79.4 Å². The lowest BCUT2D eigenvalue weighted by atomic mass is 9.94. The summed E-state index contributed by atoms with van der Waals surface area (Å²) in [6.07, 6.45) is 1.05. The minimum Gasteiger partial charge on any atom is -0.322 e. The Morgan fingerprint density at radius 3 is 2.48 bits per heavy atom. The highest BCUT2D eigenvalue weighted by atomic mass is 32.2. The van der Waals surface area contributed by atoms with Gasteiger partial charge in [0, 0.05) is 24.3 Å². The van der Waals surface area contributed by atoms with Crippen LogP contribution in [0.2, 0.25) is 0 Å². The molecule has 2 atom stereocenters. The average molecular weight is 430 g/mol. The summed E-state index contributed by atoms with van der Waals surface area (Å²) in [7, 11) is -3.53. The maximum absolute atomic E-state index is 13.0. The summed E-state index contributed by atoms with van der Waals surface area (Å²) in [6, 6.07) is 11.7. The second-order valence-electron chi connectivity index (χ2n) is 7.78. The molecule has 1 fully saturated rings. The molecule has 0 saturated carbocycles. The number of carbonyl (C=O) groups is 1. The summed E-state index contributed by atoms with van der Waals surface area (Å²) in [5, 5.41) is 2.82. The maximum Gasteiger partial charge on any atom is 0.255 e. The first-order valence-electron chi connectivity index (χ1n) is 9.58. The molecule has 1 saturated heterocycles. The van der Waals surface area contributed by atoms with E-state index in [1.807, 2.05) is 6.07 Å². The Labute approximate surface area is 174 Å². The number of hydrogen-bond donors (Lipinski definition) is 1. The Morgan fingerprint density at radius 1 is 1.10 bits per heavy atom. The zero-order chi connectivity index (χ0) is 20.6. The molecule has 2 heterocycles. The fourth-order valence-corrected chi connectivity index (χ4v) is 6.26. The van der Waals surface area contributed by atoms with Crippen LogP contribution in [0.4, 0.5) is 5.69 Å². The molecule has 1 aromatic heterocycles. The van der Waals surface area contributed by atoms with Crippen molar-refractivity contribution in [3.63, 3.8) is 0 Å². The summed E-state index contributed by atoms with van der Waals surface area (Å²) in [5.74, 6) is 0.459. The van der Waals surface area contributed by atoms with E-state index in [1.165, 1.54) is 11.3 Å². The van der Waals surface area contributed by atoms with Gasteiger partial charge in [-0.05, 0) is 60.7 Å². The molecule has 152 valence electrons. The predicted molar refractivity (Wildman–Crippen MR) is 116 cm³/mol. The second-order valence-corrected chi connectivity index (χ2v) is 10.6. The number of hydrogen-bond acceptors (Lipinski definition) is 5. The van der Waals surface area contributed by atoms with Crippen LogP contribution in [0, 0.1) is 11.8 Å². The van der Waals surface area contributed by atoms with Crippen LogP contribution in [0.25, 0.3) is 10.2 Å². The second kappa shape index (κ2) is 7.85. The lowest BCUT2D eigenvalue weighted by molar-refractivity contribution is 0.102. The molecule has 8 heteroatoms. The normalized spacial score (nSPS) is 20.6. The monoisotopic (exact) mass is 429 g/mol. The number of amides is 1. The molecule has 29 heavy (non-hydrogen) atoms. The molecule has 6 nitrogen and oxygen atoms in total. The third kappa shape index (κ3) is 4.19. The minimum atomic E-state index is -3.53. The lowest BCUT2D eigenvalue weighted by Crippen LogP contribution is -2.42. The van der Waals surface area contributed by atoms with Crippen molar-refractivity contribution in [1.29, 1.82) is 0 Å².